The molecule has 0 saturated carbocycles. The minimum atomic E-state index is -0.709. The molecule has 0 atom stereocenters. The SMILES string of the molecule is C=CCCCCC(=O)O.[Na]. The van der Waals surface area contributed by atoms with Crippen molar-refractivity contribution < 1.29 is 9.90 Å². The van der Waals surface area contributed by atoms with Gasteiger partial charge in [-0.2, -0.15) is 0 Å². The van der Waals surface area contributed by atoms with Crippen LogP contribution in [0.25, 0.3) is 0 Å². The largest absolute Gasteiger partial charge is 0.481 e. The number of hydrogen-bond acceptors (Lipinski definition) is 1. The predicted octanol–water partition coefficient (Wildman–Crippen LogP) is 1.44. The molecule has 0 aliphatic carbocycles. The fourth-order valence-corrected chi connectivity index (χ4v) is 0.565. The average molecular weight is 151 g/mol. The molecule has 2 nitrogen and oxygen atoms in total. The van der Waals surface area contributed by atoms with Crippen LogP contribution in [0.1, 0.15) is 25.7 Å². The van der Waals surface area contributed by atoms with Gasteiger partial charge in [-0.05, 0) is 19.3 Å². The first-order valence-electron chi connectivity index (χ1n) is 3.10. The summed E-state index contributed by atoms with van der Waals surface area (Å²) in [5, 5.41) is 8.19. The maximum atomic E-state index is 9.94. The van der Waals surface area contributed by atoms with Gasteiger partial charge in [0.2, 0.25) is 0 Å². The Labute approximate surface area is 83.6 Å². The number of rotatable bonds is 5. The molecule has 0 aliphatic rings. The molecule has 10 heavy (non-hydrogen) atoms. The number of unbranched alkanes of at least 4 members (excludes halogenated alkanes) is 2. The van der Waals surface area contributed by atoms with Crippen molar-refractivity contribution in [1.29, 1.82) is 0 Å². The van der Waals surface area contributed by atoms with Crippen LogP contribution in [-0.2, 0) is 4.79 Å². The molecule has 0 aromatic carbocycles. The number of carboxylic acids is 1. The van der Waals surface area contributed by atoms with Crippen LogP contribution in [0.4, 0.5) is 0 Å². The van der Waals surface area contributed by atoms with Crippen molar-refractivity contribution >= 4 is 35.5 Å². The van der Waals surface area contributed by atoms with Gasteiger partial charge in [0.25, 0.3) is 0 Å². The summed E-state index contributed by atoms with van der Waals surface area (Å²) in [6, 6.07) is 0. The Balaban J connectivity index is 0. The fraction of sp³-hybridized carbons (Fsp3) is 0.571. The molecule has 0 unspecified atom stereocenters. The summed E-state index contributed by atoms with van der Waals surface area (Å²) in [5.41, 5.74) is 0. The second-order valence-electron chi connectivity index (χ2n) is 1.93. The van der Waals surface area contributed by atoms with E-state index >= 15 is 0 Å². The molecule has 1 N–H and O–H groups in total. The smallest absolute Gasteiger partial charge is 0.303 e. The second kappa shape index (κ2) is 9.21. The molecule has 3 heteroatoms. The third kappa shape index (κ3) is 11.1. The van der Waals surface area contributed by atoms with Crippen molar-refractivity contribution in [2.45, 2.75) is 25.7 Å². The first kappa shape index (κ1) is 12.8. The Morgan fingerprint density at radius 2 is 2.10 bits per heavy atom. The van der Waals surface area contributed by atoms with Crippen LogP contribution in [0, 0.1) is 0 Å². The number of hydrogen-bond donors (Lipinski definition) is 1. The van der Waals surface area contributed by atoms with Gasteiger partial charge in [0, 0.05) is 36.0 Å². The maximum Gasteiger partial charge on any atom is 0.303 e. The Bertz CT molecular complexity index is 102. The molecule has 0 heterocycles. The van der Waals surface area contributed by atoms with Crippen molar-refractivity contribution in [2.75, 3.05) is 0 Å². The zero-order valence-corrected chi connectivity index (χ0v) is 8.47. The molecule has 0 saturated heterocycles. The van der Waals surface area contributed by atoms with E-state index in [4.69, 9.17) is 5.11 Å². The van der Waals surface area contributed by atoms with Crippen LogP contribution in [0.15, 0.2) is 12.7 Å². The van der Waals surface area contributed by atoms with E-state index in [2.05, 4.69) is 6.58 Å². The maximum absolute atomic E-state index is 9.94. The van der Waals surface area contributed by atoms with Gasteiger partial charge >= 0.3 is 5.97 Å². The summed E-state index contributed by atoms with van der Waals surface area (Å²) in [6.45, 7) is 3.53. The van der Waals surface area contributed by atoms with E-state index in [-0.39, 0.29) is 36.0 Å². The molecule has 0 fully saturated rings. The van der Waals surface area contributed by atoms with Crippen molar-refractivity contribution in [3.8, 4) is 0 Å². The first-order chi connectivity index (χ1) is 4.27. The fourth-order valence-electron chi connectivity index (χ4n) is 0.565. The van der Waals surface area contributed by atoms with Gasteiger partial charge in [-0.3, -0.25) is 4.79 Å². The van der Waals surface area contributed by atoms with Crippen LogP contribution in [0.5, 0.6) is 0 Å². The van der Waals surface area contributed by atoms with Gasteiger partial charge in [0.15, 0.2) is 0 Å². The van der Waals surface area contributed by atoms with E-state index in [0.29, 0.717) is 0 Å². The van der Waals surface area contributed by atoms with Gasteiger partial charge in [-0.25, -0.2) is 0 Å². The Hall–Kier alpha value is 0.210. The quantitative estimate of drug-likeness (QED) is 0.366. The molecule has 0 rings (SSSR count). The Morgan fingerprint density at radius 3 is 2.50 bits per heavy atom. The van der Waals surface area contributed by atoms with E-state index in [1.54, 1.807) is 0 Å². The summed E-state index contributed by atoms with van der Waals surface area (Å²) in [7, 11) is 0. The van der Waals surface area contributed by atoms with Crippen molar-refractivity contribution in [3.05, 3.63) is 12.7 Å². The zero-order chi connectivity index (χ0) is 7.11. The number of carboxylic acid groups (broad SMARTS) is 1. The third-order valence-corrected chi connectivity index (χ3v) is 1.05. The van der Waals surface area contributed by atoms with Crippen LogP contribution >= 0.6 is 0 Å². The minimum absolute atomic E-state index is 0. The van der Waals surface area contributed by atoms with E-state index < -0.39 is 5.97 Å². The molecule has 1 radical (unpaired) electrons. The molecule has 0 aliphatic heterocycles. The standard InChI is InChI=1S/C7H12O2.Na/c1-2-3-4-5-6-7(8)9;/h2H,1,3-6H2,(H,8,9);. The summed E-state index contributed by atoms with van der Waals surface area (Å²) >= 11 is 0. The zero-order valence-electron chi connectivity index (χ0n) is 6.47. The molecule has 0 aromatic rings. The van der Waals surface area contributed by atoms with Crippen LogP contribution in [-0.4, -0.2) is 40.6 Å². The van der Waals surface area contributed by atoms with Crippen LogP contribution in [0.3, 0.4) is 0 Å². The van der Waals surface area contributed by atoms with E-state index in [9.17, 15) is 4.79 Å². The number of carbonyl (C=O) groups is 1. The van der Waals surface area contributed by atoms with Gasteiger partial charge in [-0.1, -0.05) is 6.08 Å². The average Bonchev–Trinajstić information content (AvgIpc) is 1.80. The summed E-state index contributed by atoms with van der Waals surface area (Å²) < 4.78 is 0. The van der Waals surface area contributed by atoms with Gasteiger partial charge in [-0.15, -0.1) is 6.58 Å². The van der Waals surface area contributed by atoms with Crippen molar-refractivity contribution in [1.82, 2.24) is 0 Å². The first-order valence-corrected chi connectivity index (χ1v) is 3.10. The summed E-state index contributed by atoms with van der Waals surface area (Å²) in [6.07, 6.45) is 4.72. The molecular weight excluding hydrogens is 139 g/mol. The second-order valence-corrected chi connectivity index (χ2v) is 1.93. The van der Waals surface area contributed by atoms with E-state index in [1.165, 1.54) is 0 Å². The number of aliphatic carboxylic acids is 1. The van der Waals surface area contributed by atoms with Crippen molar-refractivity contribution in [3.63, 3.8) is 0 Å². The monoisotopic (exact) mass is 151 g/mol. The Morgan fingerprint density at radius 1 is 1.50 bits per heavy atom. The van der Waals surface area contributed by atoms with Gasteiger partial charge < -0.3 is 5.11 Å². The molecule has 0 bridgehead atoms. The topological polar surface area (TPSA) is 37.3 Å². The van der Waals surface area contributed by atoms with Crippen LogP contribution < -0.4 is 0 Å². The van der Waals surface area contributed by atoms with Gasteiger partial charge in [0.05, 0.1) is 0 Å². The molecule has 0 spiro atoms. The normalized spacial score (nSPS) is 8.00. The van der Waals surface area contributed by atoms with Crippen LogP contribution in [0.2, 0.25) is 0 Å². The van der Waals surface area contributed by atoms with E-state index in [1.807, 2.05) is 6.08 Å². The summed E-state index contributed by atoms with van der Waals surface area (Å²) in [4.78, 5) is 9.94. The summed E-state index contributed by atoms with van der Waals surface area (Å²) in [5.74, 6) is -0.709. The van der Waals surface area contributed by atoms with Gasteiger partial charge in [0.1, 0.15) is 0 Å². The third-order valence-electron chi connectivity index (χ3n) is 1.05. The molecule has 53 valence electrons. The number of allylic oxidation sites excluding steroid dienone is 1. The molecule has 0 amide bonds. The van der Waals surface area contributed by atoms with Crippen molar-refractivity contribution in [2.24, 2.45) is 0 Å². The predicted molar refractivity (Wildman–Crippen MR) is 42.1 cm³/mol. The van der Waals surface area contributed by atoms with E-state index in [0.717, 1.165) is 19.3 Å². The molecular formula is C7H12NaO2. The Kier molecular flexibility index (Phi) is 11.8. The minimum Gasteiger partial charge on any atom is -0.481 e. The molecule has 0 aromatic heterocycles.